The Morgan fingerprint density at radius 2 is 1.95 bits per heavy atom. The van der Waals surface area contributed by atoms with Gasteiger partial charge in [-0.15, -0.1) is 0 Å². The highest BCUT2D eigenvalue weighted by Gasteiger charge is 2.06. The number of aryl methyl sites for hydroxylation is 1. The highest BCUT2D eigenvalue weighted by atomic mass is 79.9. The van der Waals surface area contributed by atoms with Gasteiger partial charge in [0.05, 0.1) is 0 Å². The first-order valence-electron chi connectivity index (χ1n) is 6.49. The maximum Gasteiger partial charge on any atom is 0.331 e. The average molecular weight is 364 g/mol. The smallest absolute Gasteiger partial charge is 0.331 e. The number of benzene rings is 1. The van der Waals surface area contributed by atoms with E-state index in [1.54, 1.807) is 24.3 Å². The molecule has 0 unspecified atom stereocenters. The molecule has 0 aliphatic carbocycles. The van der Waals surface area contributed by atoms with E-state index in [-0.39, 0.29) is 6.61 Å². The van der Waals surface area contributed by atoms with E-state index in [1.165, 1.54) is 12.2 Å². The molecule has 1 amide bonds. The van der Waals surface area contributed by atoms with E-state index >= 15 is 0 Å². The summed E-state index contributed by atoms with van der Waals surface area (Å²) in [7, 11) is 0. The number of halogens is 1. The second-order valence-corrected chi connectivity index (χ2v) is 5.28. The molecule has 0 aliphatic heterocycles. The van der Waals surface area contributed by atoms with Crippen LogP contribution in [0.5, 0.6) is 0 Å². The Morgan fingerprint density at radius 3 is 2.59 bits per heavy atom. The minimum absolute atomic E-state index is 0.348. The Bertz CT molecular complexity index is 688. The Labute approximate surface area is 136 Å². The monoisotopic (exact) mass is 363 g/mol. The first kappa shape index (κ1) is 16.0. The number of carbonyl (C=O) groups excluding carboxylic acids is 2. The van der Waals surface area contributed by atoms with Crippen molar-refractivity contribution >= 4 is 39.6 Å². The average Bonchev–Trinajstić information content (AvgIpc) is 2.91. The van der Waals surface area contributed by atoms with E-state index in [0.717, 1.165) is 5.56 Å². The van der Waals surface area contributed by atoms with E-state index in [9.17, 15) is 9.59 Å². The SMILES string of the molecule is Cc1ccc(NC(=O)COC(=O)C=Cc2ccc(Br)o2)cc1. The highest BCUT2D eigenvalue weighted by Crippen LogP contribution is 2.15. The van der Waals surface area contributed by atoms with Gasteiger partial charge in [0.1, 0.15) is 5.76 Å². The van der Waals surface area contributed by atoms with Crippen molar-refractivity contribution in [2.45, 2.75) is 6.92 Å². The number of esters is 1. The Balaban J connectivity index is 1.77. The van der Waals surface area contributed by atoms with Gasteiger partial charge in [-0.05, 0) is 53.2 Å². The lowest BCUT2D eigenvalue weighted by molar-refractivity contribution is -0.142. The van der Waals surface area contributed by atoms with E-state index in [1.807, 2.05) is 19.1 Å². The highest BCUT2D eigenvalue weighted by molar-refractivity contribution is 9.10. The lowest BCUT2D eigenvalue weighted by atomic mass is 10.2. The second-order valence-electron chi connectivity index (χ2n) is 4.50. The molecule has 5 nitrogen and oxygen atoms in total. The standard InChI is InChI=1S/C16H14BrNO4/c1-11-2-4-12(5-3-11)18-15(19)10-21-16(20)9-7-13-6-8-14(17)22-13/h2-9H,10H2,1H3,(H,18,19). The number of nitrogens with one attached hydrogen (secondary N) is 1. The van der Waals surface area contributed by atoms with Gasteiger partial charge in [-0.1, -0.05) is 17.7 Å². The predicted octanol–water partition coefficient (Wildman–Crippen LogP) is 3.55. The third-order valence-corrected chi connectivity index (χ3v) is 3.08. The maximum atomic E-state index is 11.6. The zero-order valence-corrected chi connectivity index (χ0v) is 13.4. The molecule has 0 fully saturated rings. The largest absolute Gasteiger partial charge is 0.452 e. The van der Waals surface area contributed by atoms with Crippen molar-refractivity contribution in [1.82, 2.24) is 0 Å². The summed E-state index contributed by atoms with van der Waals surface area (Å²) < 4.78 is 10.6. The molecular formula is C16H14BrNO4. The van der Waals surface area contributed by atoms with Crippen molar-refractivity contribution in [2.75, 3.05) is 11.9 Å². The predicted molar refractivity (Wildman–Crippen MR) is 86.2 cm³/mol. The van der Waals surface area contributed by atoms with E-state index in [0.29, 0.717) is 16.1 Å². The molecule has 1 N–H and O–H groups in total. The van der Waals surface area contributed by atoms with Crippen LogP contribution in [0.1, 0.15) is 11.3 Å². The van der Waals surface area contributed by atoms with Crippen LogP contribution in [0.25, 0.3) is 6.08 Å². The summed E-state index contributed by atoms with van der Waals surface area (Å²) in [4.78, 5) is 23.1. The van der Waals surface area contributed by atoms with Gasteiger partial charge in [-0.3, -0.25) is 4.79 Å². The van der Waals surface area contributed by atoms with Crippen LogP contribution in [0.4, 0.5) is 5.69 Å². The van der Waals surface area contributed by atoms with Gasteiger partial charge in [-0.2, -0.15) is 0 Å². The minimum Gasteiger partial charge on any atom is -0.452 e. The molecule has 0 atom stereocenters. The van der Waals surface area contributed by atoms with E-state index in [4.69, 9.17) is 9.15 Å². The number of hydrogen-bond acceptors (Lipinski definition) is 4. The topological polar surface area (TPSA) is 68.5 Å². The minimum atomic E-state index is -0.619. The van der Waals surface area contributed by atoms with Crippen molar-refractivity contribution in [3.05, 3.63) is 58.5 Å². The summed E-state index contributed by atoms with van der Waals surface area (Å²) in [6.07, 6.45) is 2.66. The number of amides is 1. The van der Waals surface area contributed by atoms with Crippen molar-refractivity contribution in [2.24, 2.45) is 0 Å². The summed E-state index contributed by atoms with van der Waals surface area (Å²) in [6.45, 7) is 1.61. The number of carbonyl (C=O) groups is 2. The van der Waals surface area contributed by atoms with Crippen molar-refractivity contribution in [1.29, 1.82) is 0 Å². The third-order valence-electron chi connectivity index (χ3n) is 2.66. The molecule has 0 saturated heterocycles. The van der Waals surface area contributed by atoms with Crippen LogP contribution in [-0.2, 0) is 14.3 Å². The van der Waals surface area contributed by atoms with Crippen LogP contribution in [0, 0.1) is 6.92 Å². The van der Waals surface area contributed by atoms with E-state index in [2.05, 4.69) is 21.2 Å². The molecule has 0 saturated carbocycles. The number of ether oxygens (including phenoxy) is 1. The molecule has 0 bridgehead atoms. The van der Waals surface area contributed by atoms with Gasteiger partial charge >= 0.3 is 5.97 Å². The van der Waals surface area contributed by atoms with Gasteiger partial charge < -0.3 is 14.5 Å². The molecule has 0 spiro atoms. The van der Waals surface area contributed by atoms with Crippen LogP contribution >= 0.6 is 15.9 Å². The normalized spacial score (nSPS) is 10.6. The molecule has 2 rings (SSSR count). The van der Waals surface area contributed by atoms with Gasteiger partial charge in [0.25, 0.3) is 5.91 Å². The lowest BCUT2D eigenvalue weighted by Gasteiger charge is -2.05. The lowest BCUT2D eigenvalue weighted by Crippen LogP contribution is -2.20. The summed E-state index contributed by atoms with van der Waals surface area (Å²) in [5.41, 5.74) is 1.75. The van der Waals surface area contributed by atoms with Crippen molar-refractivity contribution in [3.8, 4) is 0 Å². The quantitative estimate of drug-likeness (QED) is 0.651. The molecule has 1 aromatic heterocycles. The van der Waals surface area contributed by atoms with Crippen LogP contribution in [0.2, 0.25) is 0 Å². The molecule has 0 aliphatic rings. The number of hydrogen-bond donors (Lipinski definition) is 1. The maximum absolute atomic E-state index is 11.6. The van der Waals surface area contributed by atoms with Crippen molar-refractivity contribution in [3.63, 3.8) is 0 Å². The van der Waals surface area contributed by atoms with Gasteiger partial charge in [-0.25, -0.2) is 4.79 Å². The summed E-state index contributed by atoms with van der Waals surface area (Å²) >= 11 is 3.16. The summed E-state index contributed by atoms with van der Waals surface area (Å²) in [5, 5.41) is 2.64. The number of rotatable bonds is 5. The third kappa shape index (κ3) is 5.21. The first-order valence-corrected chi connectivity index (χ1v) is 7.29. The Morgan fingerprint density at radius 1 is 1.23 bits per heavy atom. The molecular weight excluding hydrogens is 350 g/mol. The van der Waals surface area contributed by atoms with Gasteiger partial charge in [0.2, 0.25) is 0 Å². The molecule has 6 heteroatoms. The fourth-order valence-corrected chi connectivity index (χ4v) is 1.91. The molecule has 1 aromatic carbocycles. The number of furan rings is 1. The molecule has 1 heterocycles. The van der Waals surface area contributed by atoms with Crippen LogP contribution in [-0.4, -0.2) is 18.5 Å². The zero-order valence-electron chi connectivity index (χ0n) is 11.8. The molecule has 114 valence electrons. The Hall–Kier alpha value is -2.34. The van der Waals surface area contributed by atoms with Gasteiger partial charge in [0.15, 0.2) is 11.3 Å². The summed E-state index contributed by atoms with van der Waals surface area (Å²) in [6, 6.07) is 10.7. The van der Waals surface area contributed by atoms with Crippen molar-refractivity contribution < 1.29 is 18.7 Å². The fraction of sp³-hybridized carbons (Fsp3) is 0.125. The molecule has 0 radical (unpaired) electrons. The van der Waals surface area contributed by atoms with E-state index < -0.39 is 11.9 Å². The Kier molecular flexibility index (Phi) is 5.55. The number of anilines is 1. The summed E-state index contributed by atoms with van der Waals surface area (Å²) in [5.74, 6) is -0.508. The fourth-order valence-electron chi connectivity index (χ4n) is 1.59. The van der Waals surface area contributed by atoms with Crippen LogP contribution in [0.15, 0.2) is 51.6 Å². The first-order chi connectivity index (χ1) is 10.5. The molecule has 2 aromatic rings. The van der Waals surface area contributed by atoms with Gasteiger partial charge in [0, 0.05) is 11.8 Å². The van der Waals surface area contributed by atoms with Crippen LogP contribution < -0.4 is 5.32 Å². The molecule has 22 heavy (non-hydrogen) atoms. The van der Waals surface area contributed by atoms with Crippen LogP contribution in [0.3, 0.4) is 0 Å². The second kappa shape index (κ2) is 7.61. The zero-order chi connectivity index (χ0) is 15.9.